The number of ether oxygens (including phenoxy) is 1. The Labute approximate surface area is 108 Å². The highest BCUT2D eigenvalue weighted by molar-refractivity contribution is 5.43. The van der Waals surface area contributed by atoms with Crippen LogP contribution in [0.5, 0.6) is 0 Å². The third-order valence-corrected chi connectivity index (χ3v) is 3.68. The van der Waals surface area contributed by atoms with Crippen LogP contribution in [-0.2, 0) is 10.3 Å². The molecule has 1 heteroatoms. The molecule has 0 fully saturated rings. The molecule has 2 aromatic carbocycles. The molecule has 0 saturated carbocycles. The lowest BCUT2D eigenvalue weighted by atomic mass is 9.93. The van der Waals surface area contributed by atoms with E-state index in [4.69, 9.17) is 4.74 Å². The van der Waals surface area contributed by atoms with E-state index in [1.807, 2.05) is 0 Å². The van der Waals surface area contributed by atoms with Crippen molar-refractivity contribution in [3.63, 3.8) is 0 Å². The van der Waals surface area contributed by atoms with Crippen LogP contribution in [-0.4, -0.2) is 0 Å². The molecule has 1 aliphatic rings. The van der Waals surface area contributed by atoms with Crippen molar-refractivity contribution >= 4 is 0 Å². The van der Waals surface area contributed by atoms with Crippen LogP contribution in [0.3, 0.4) is 0 Å². The zero-order valence-electron chi connectivity index (χ0n) is 11.1. The normalized spacial score (nSPS) is 20.7. The van der Waals surface area contributed by atoms with E-state index in [2.05, 4.69) is 69.3 Å². The summed E-state index contributed by atoms with van der Waals surface area (Å²) in [6, 6.07) is 17.1. The average molecular weight is 238 g/mol. The summed E-state index contributed by atoms with van der Waals surface area (Å²) in [4.78, 5) is 0. The molecule has 1 nitrogen and oxygen atoms in total. The fourth-order valence-electron chi connectivity index (χ4n) is 2.68. The predicted molar refractivity (Wildman–Crippen MR) is 73.6 cm³/mol. The second-order valence-corrected chi connectivity index (χ2v) is 5.51. The lowest BCUT2D eigenvalue weighted by Gasteiger charge is -2.20. The summed E-state index contributed by atoms with van der Waals surface area (Å²) in [5.41, 5.74) is 4.91. The van der Waals surface area contributed by atoms with Gasteiger partial charge < -0.3 is 4.74 Å². The van der Waals surface area contributed by atoms with Crippen LogP contribution in [0.2, 0.25) is 0 Å². The second kappa shape index (κ2) is 3.96. The third kappa shape index (κ3) is 1.75. The van der Waals surface area contributed by atoms with Gasteiger partial charge in [0.25, 0.3) is 0 Å². The minimum atomic E-state index is -0.202. The molecule has 0 amide bonds. The Balaban J connectivity index is 2.08. The molecule has 1 aliphatic heterocycles. The van der Waals surface area contributed by atoms with E-state index >= 15 is 0 Å². The van der Waals surface area contributed by atoms with Crippen LogP contribution in [0, 0.1) is 6.92 Å². The highest BCUT2D eigenvalue weighted by atomic mass is 16.5. The van der Waals surface area contributed by atoms with Gasteiger partial charge in [-0.1, -0.05) is 54.1 Å². The van der Waals surface area contributed by atoms with E-state index in [1.54, 1.807) is 0 Å². The quantitative estimate of drug-likeness (QED) is 0.717. The van der Waals surface area contributed by atoms with Gasteiger partial charge in [0.1, 0.15) is 6.10 Å². The standard InChI is InChI=1S/C17H18O/c1-12-8-10-13(11-9-12)16-14-6-4-5-7-15(14)17(2,3)18-16/h4-11,16H,1-3H3. The molecule has 1 atom stereocenters. The minimum Gasteiger partial charge on any atom is -0.358 e. The molecule has 1 unspecified atom stereocenters. The van der Waals surface area contributed by atoms with Gasteiger partial charge >= 0.3 is 0 Å². The lowest BCUT2D eigenvalue weighted by Crippen LogP contribution is -2.15. The summed E-state index contributed by atoms with van der Waals surface area (Å²) in [6.45, 7) is 6.39. The molecule has 0 radical (unpaired) electrons. The van der Waals surface area contributed by atoms with Crippen molar-refractivity contribution in [1.82, 2.24) is 0 Å². The third-order valence-electron chi connectivity index (χ3n) is 3.68. The van der Waals surface area contributed by atoms with Gasteiger partial charge in [0.2, 0.25) is 0 Å². The van der Waals surface area contributed by atoms with E-state index in [0.717, 1.165) is 0 Å². The summed E-state index contributed by atoms with van der Waals surface area (Å²) in [5, 5.41) is 0. The van der Waals surface area contributed by atoms with E-state index in [0.29, 0.717) is 0 Å². The number of fused-ring (bicyclic) bond motifs is 1. The number of benzene rings is 2. The van der Waals surface area contributed by atoms with Gasteiger partial charge in [0.15, 0.2) is 0 Å². The van der Waals surface area contributed by atoms with E-state index in [9.17, 15) is 0 Å². The van der Waals surface area contributed by atoms with Crippen LogP contribution >= 0.6 is 0 Å². The summed E-state index contributed by atoms with van der Waals surface area (Å²) in [5.74, 6) is 0. The first-order valence-electron chi connectivity index (χ1n) is 6.42. The maximum absolute atomic E-state index is 6.25. The summed E-state index contributed by atoms with van der Waals surface area (Å²) >= 11 is 0. The first kappa shape index (κ1) is 11.5. The fourth-order valence-corrected chi connectivity index (χ4v) is 2.68. The molecule has 2 aromatic rings. The molecule has 0 N–H and O–H groups in total. The van der Waals surface area contributed by atoms with Gasteiger partial charge in [-0.3, -0.25) is 0 Å². The van der Waals surface area contributed by atoms with Gasteiger partial charge in [-0.15, -0.1) is 0 Å². The highest BCUT2D eigenvalue weighted by Gasteiger charge is 2.37. The van der Waals surface area contributed by atoms with Gasteiger partial charge in [0.05, 0.1) is 5.60 Å². The van der Waals surface area contributed by atoms with Crippen LogP contribution in [0.25, 0.3) is 0 Å². The molecular formula is C17H18O. The monoisotopic (exact) mass is 238 g/mol. The summed E-state index contributed by atoms with van der Waals surface area (Å²) in [7, 11) is 0. The molecule has 0 aromatic heterocycles. The maximum Gasteiger partial charge on any atom is 0.109 e. The van der Waals surface area contributed by atoms with Gasteiger partial charge in [-0.25, -0.2) is 0 Å². The molecule has 0 aliphatic carbocycles. The molecular weight excluding hydrogens is 220 g/mol. The van der Waals surface area contributed by atoms with Crippen LogP contribution < -0.4 is 0 Å². The molecule has 0 saturated heterocycles. The Morgan fingerprint density at radius 2 is 1.61 bits per heavy atom. The van der Waals surface area contributed by atoms with Gasteiger partial charge in [-0.05, 0) is 37.5 Å². The van der Waals surface area contributed by atoms with Gasteiger partial charge in [-0.2, -0.15) is 0 Å². The fraction of sp³-hybridized carbons (Fsp3) is 0.294. The van der Waals surface area contributed by atoms with E-state index in [-0.39, 0.29) is 11.7 Å². The van der Waals surface area contributed by atoms with Crippen molar-refractivity contribution in [3.05, 3.63) is 70.8 Å². The first-order chi connectivity index (χ1) is 8.58. The molecule has 1 heterocycles. The smallest absolute Gasteiger partial charge is 0.109 e. The largest absolute Gasteiger partial charge is 0.358 e. The van der Waals surface area contributed by atoms with Crippen LogP contribution in [0.15, 0.2) is 48.5 Å². The molecule has 0 spiro atoms. The van der Waals surface area contributed by atoms with Crippen molar-refractivity contribution in [1.29, 1.82) is 0 Å². The summed E-state index contributed by atoms with van der Waals surface area (Å²) < 4.78 is 6.25. The van der Waals surface area contributed by atoms with E-state index < -0.39 is 0 Å². The number of hydrogen-bond acceptors (Lipinski definition) is 1. The van der Waals surface area contributed by atoms with Crippen molar-refractivity contribution in [3.8, 4) is 0 Å². The average Bonchev–Trinajstić information content (AvgIpc) is 2.63. The van der Waals surface area contributed by atoms with Crippen molar-refractivity contribution < 1.29 is 4.74 Å². The summed E-state index contributed by atoms with van der Waals surface area (Å²) in [6.07, 6.45) is 0.0665. The van der Waals surface area contributed by atoms with Crippen LogP contribution in [0.1, 0.15) is 42.2 Å². The van der Waals surface area contributed by atoms with E-state index in [1.165, 1.54) is 22.3 Å². The minimum absolute atomic E-state index is 0.0665. The molecule has 18 heavy (non-hydrogen) atoms. The maximum atomic E-state index is 6.25. The van der Waals surface area contributed by atoms with Gasteiger partial charge in [0, 0.05) is 0 Å². The number of rotatable bonds is 1. The zero-order chi connectivity index (χ0) is 12.8. The van der Waals surface area contributed by atoms with Crippen molar-refractivity contribution in [2.75, 3.05) is 0 Å². The Morgan fingerprint density at radius 3 is 2.33 bits per heavy atom. The Morgan fingerprint density at radius 1 is 0.944 bits per heavy atom. The van der Waals surface area contributed by atoms with Crippen molar-refractivity contribution in [2.24, 2.45) is 0 Å². The lowest BCUT2D eigenvalue weighted by molar-refractivity contribution is -0.0340. The zero-order valence-corrected chi connectivity index (χ0v) is 11.1. The van der Waals surface area contributed by atoms with Crippen LogP contribution in [0.4, 0.5) is 0 Å². The SMILES string of the molecule is Cc1ccc(C2OC(C)(C)c3ccccc32)cc1. The second-order valence-electron chi connectivity index (χ2n) is 5.51. The molecule has 92 valence electrons. The number of hydrogen-bond donors (Lipinski definition) is 0. The Hall–Kier alpha value is -1.60. The van der Waals surface area contributed by atoms with Crippen molar-refractivity contribution in [2.45, 2.75) is 32.5 Å². The number of aryl methyl sites for hydroxylation is 1. The Bertz CT molecular complexity index is 566. The Kier molecular flexibility index (Phi) is 2.53. The molecule has 0 bridgehead atoms. The topological polar surface area (TPSA) is 9.23 Å². The first-order valence-corrected chi connectivity index (χ1v) is 6.42. The predicted octanol–water partition coefficient (Wildman–Crippen LogP) is 4.35. The molecule has 3 rings (SSSR count). The highest BCUT2D eigenvalue weighted by Crippen LogP contribution is 2.45.